The van der Waals surface area contributed by atoms with Crippen molar-refractivity contribution in [2.24, 2.45) is 0 Å². The number of benzene rings is 1. The lowest BCUT2D eigenvalue weighted by Crippen LogP contribution is -2.19. The Labute approximate surface area is 77.4 Å². The SMILES string of the molecule is [CH2]C(C)(CF)c1ccc(Cl)cc1. The van der Waals surface area contributed by atoms with Gasteiger partial charge in [0, 0.05) is 10.4 Å². The smallest absolute Gasteiger partial charge is 0.0988 e. The second kappa shape index (κ2) is 3.44. The van der Waals surface area contributed by atoms with Crippen LogP contribution in [0, 0.1) is 6.92 Å². The molecule has 1 unspecified atom stereocenters. The minimum Gasteiger partial charge on any atom is -0.250 e. The molecule has 0 N–H and O–H groups in total. The highest BCUT2D eigenvalue weighted by Crippen LogP contribution is 2.24. The van der Waals surface area contributed by atoms with Crippen molar-refractivity contribution in [3.05, 3.63) is 41.8 Å². The van der Waals surface area contributed by atoms with Crippen LogP contribution in [0.4, 0.5) is 4.39 Å². The Bertz CT molecular complexity index is 251. The first-order valence-corrected chi connectivity index (χ1v) is 4.11. The predicted molar refractivity (Wildman–Crippen MR) is 50.1 cm³/mol. The maximum Gasteiger partial charge on any atom is 0.0988 e. The Balaban J connectivity index is 2.96. The molecule has 1 atom stereocenters. The van der Waals surface area contributed by atoms with E-state index in [-0.39, 0.29) is 0 Å². The molecule has 0 saturated carbocycles. The molecule has 0 fully saturated rings. The monoisotopic (exact) mass is 185 g/mol. The highest BCUT2D eigenvalue weighted by molar-refractivity contribution is 6.30. The van der Waals surface area contributed by atoms with Gasteiger partial charge in [-0.25, -0.2) is 0 Å². The summed E-state index contributed by atoms with van der Waals surface area (Å²) in [5.74, 6) is 0. The lowest BCUT2D eigenvalue weighted by Gasteiger charge is -2.20. The Morgan fingerprint density at radius 1 is 1.42 bits per heavy atom. The maximum absolute atomic E-state index is 12.5. The van der Waals surface area contributed by atoms with Crippen LogP contribution in [0.15, 0.2) is 24.3 Å². The van der Waals surface area contributed by atoms with Crippen LogP contribution >= 0.6 is 11.6 Å². The van der Waals surface area contributed by atoms with Gasteiger partial charge < -0.3 is 0 Å². The summed E-state index contributed by atoms with van der Waals surface area (Å²) < 4.78 is 12.5. The van der Waals surface area contributed by atoms with Crippen LogP contribution in [-0.4, -0.2) is 6.67 Å². The summed E-state index contributed by atoms with van der Waals surface area (Å²) in [6.45, 7) is 5.07. The third kappa shape index (κ3) is 1.98. The zero-order valence-corrected chi connectivity index (χ0v) is 7.74. The largest absolute Gasteiger partial charge is 0.250 e. The molecule has 0 aliphatic rings. The normalized spacial score (nSPS) is 11.7. The Morgan fingerprint density at radius 3 is 2.33 bits per heavy atom. The van der Waals surface area contributed by atoms with Crippen molar-refractivity contribution in [2.75, 3.05) is 6.67 Å². The maximum atomic E-state index is 12.5. The molecule has 1 aromatic rings. The quantitative estimate of drug-likeness (QED) is 0.663. The van der Waals surface area contributed by atoms with Crippen molar-refractivity contribution < 1.29 is 4.39 Å². The van der Waals surface area contributed by atoms with Crippen molar-refractivity contribution in [1.82, 2.24) is 0 Å². The topological polar surface area (TPSA) is 0 Å². The van der Waals surface area contributed by atoms with Crippen molar-refractivity contribution in [3.8, 4) is 0 Å². The predicted octanol–water partition coefficient (Wildman–Crippen LogP) is 3.40. The lowest BCUT2D eigenvalue weighted by atomic mass is 9.86. The minimum absolute atomic E-state index is 0.464. The van der Waals surface area contributed by atoms with Gasteiger partial charge in [-0.05, 0) is 24.6 Å². The summed E-state index contributed by atoms with van der Waals surface area (Å²) in [6.07, 6.45) is 0. The van der Waals surface area contributed by atoms with E-state index in [9.17, 15) is 4.39 Å². The van der Waals surface area contributed by atoms with Gasteiger partial charge >= 0.3 is 0 Å². The van der Waals surface area contributed by atoms with Gasteiger partial charge in [-0.1, -0.05) is 30.7 Å². The van der Waals surface area contributed by atoms with Crippen LogP contribution < -0.4 is 0 Å². The van der Waals surface area contributed by atoms with Crippen molar-refractivity contribution in [2.45, 2.75) is 12.3 Å². The lowest BCUT2D eigenvalue weighted by molar-refractivity contribution is 0.380. The molecule has 0 saturated heterocycles. The third-order valence-corrected chi connectivity index (χ3v) is 2.09. The van der Waals surface area contributed by atoms with E-state index in [1.54, 1.807) is 31.2 Å². The van der Waals surface area contributed by atoms with Crippen molar-refractivity contribution in [3.63, 3.8) is 0 Å². The molecule has 0 nitrogen and oxygen atoms in total. The first kappa shape index (κ1) is 9.53. The van der Waals surface area contributed by atoms with E-state index >= 15 is 0 Å². The number of hydrogen-bond donors (Lipinski definition) is 0. The van der Waals surface area contributed by atoms with Gasteiger partial charge in [-0.2, -0.15) is 0 Å². The number of alkyl halides is 1. The highest BCUT2D eigenvalue weighted by atomic mass is 35.5. The molecule has 65 valence electrons. The van der Waals surface area contributed by atoms with Gasteiger partial charge in [0.15, 0.2) is 0 Å². The van der Waals surface area contributed by atoms with E-state index in [1.807, 2.05) is 0 Å². The van der Waals surface area contributed by atoms with Crippen LogP contribution in [0.1, 0.15) is 12.5 Å². The van der Waals surface area contributed by atoms with E-state index < -0.39 is 12.1 Å². The van der Waals surface area contributed by atoms with Gasteiger partial charge in [-0.3, -0.25) is 4.39 Å². The van der Waals surface area contributed by atoms with Gasteiger partial charge in [0.25, 0.3) is 0 Å². The Morgan fingerprint density at radius 2 is 1.92 bits per heavy atom. The average Bonchev–Trinajstić information content (AvgIpc) is 2.05. The molecule has 0 heterocycles. The van der Waals surface area contributed by atoms with Crippen LogP contribution in [0.5, 0.6) is 0 Å². The van der Waals surface area contributed by atoms with Crippen molar-refractivity contribution >= 4 is 11.6 Å². The van der Waals surface area contributed by atoms with Crippen LogP contribution in [0.25, 0.3) is 0 Å². The van der Waals surface area contributed by atoms with Gasteiger partial charge in [0.05, 0.1) is 6.67 Å². The number of rotatable bonds is 2. The van der Waals surface area contributed by atoms with Crippen LogP contribution in [-0.2, 0) is 5.41 Å². The van der Waals surface area contributed by atoms with E-state index in [1.165, 1.54) is 0 Å². The summed E-state index contributed by atoms with van der Waals surface area (Å²) in [7, 11) is 0. The molecule has 0 aliphatic carbocycles. The van der Waals surface area contributed by atoms with Crippen LogP contribution in [0.2, 0.25) is 5.02 Å². The summed E-state index contributed by atoms with van der Waals surface area (Å²) in [5.41, 5.74) is 0.222. The third-order valence-electron chi connectivity index (χ3n) is 1.84. The van der Waals surface area contributed by atoms with Gasteiger partial charge in [-0.15, -0.1) is 0 Å². The first-order valence-electron chi connectivity index (χ1n) is 3.73. The summed E-state index contributed by atoms with van der Waals surface area (Å²) in [5, 5.41) is 0.661. The Kier molecular flexibility index (Phi) is 2.73. The minimum atomic E-state index is -0.648. The molecule has 2 heteroatoms. The fraction of sp³-hybridized carbons (Fsp3) is 0.300. The summed E-state index contributed by atoms with van der Waals surface area (Å²) >= 11 is 5.69. The van der Waals surface area contributed by atoms with Gasteiger partial charge in [0.2, 0.25) is 0 Å². The first-order chi connectivity index (χ1) is 5.56. The van der Waals surface area contributed by atoms with Crippen LogP contribution in [0.3, 0.4) is 0 Å². The molecule has 12 heavy (non-hydrogen) atoms. The van der Waals surface area contributed by atoms with E-state index in [0.717, 1.165) is 5.56 Å². The molecule has 1 rings (SSSR count). The molecule has 0 spiro atoms. The summed E-state index contributed by atoms with van der Waals surface area (Å²) in [6, 6.07) is 7.09. The van der Waals surface area contributed by atoms with E-state index in [2.05, 4.69) is 6.92 Å². The van der Waals surface area contributed by atoms with Crippen molar-refractivity contribution in [1.29, 1.82) is 0 Å². The number of halogens is 2. The molecular formula is C10H11ClF. The molecule has 1 radical (unpaired) electrons. The average molecular weight is 186 g/mol. The summed E-state index contributed by atoms with van der Waals surface area (Å²) in [4.78, 5) is 0. The zero-order valence-electron chi connectivity index (χ0n) is 6.98. The fourth-order valence-corrected chi connectivity index (χ4v) is 1.06. The van der Waals surface area contributed by atoms with E-state index in [0.29, 0.717) is 5.02 Å². The highest BCUT2D eigenvalue weighted by Gasteiger charge is 2.19. The number of hydrogen-bond acceptors (Lipinski definition) is 0. The zero-order chi connectivity index (χ0) is 9.19. The molecule has 0 bridgehead atoms. The standard InChI is InChI=1S/C10H11ClF/c1-10(2,7-12)8-3-5-9(11)6-4-8/h3-6H,1,7H2,2H3. The molecule has 0 aliphatic heterocycles. The molecule has 0 aromatic heterocycles. The Hall–Kier alpha value is -0.560. The van der Waals surface area contributed by atoms with E-state index in [4.69, 9.17) is 11.6 Å². The molecular weight excluding hydrogens is 175 g/mol. The molecule has 0 amide bonds. The second-order valence-electron chi connectivity index (χ2n) is 3.20. The fourth-order valence-electron chi connectivity index (χ4n) is 0.929. The second-order valence-corrected chi connectivity index (χ2v) is 3.64. The molecule has 1 aromatic carbocycles. The van der Waals surface area contributed by atoms with Gasteiger partial charge in [0.1, 0.15) is 0 Å².